The molecule has 5 heteroatoms. The number of halogens is 5. The normalized spacial score (nSPS) is 13.1. The van der Waals surface area contributed by atoms with Crippen LogP contribution in [0.4, 0.5) is 13.2 Å². The first kappa shape index (κ1) is 11.4. The van der Waals surface area contributed by atoms with E-state index in [0.717, 1.165) is 0 Å². The van der Waals surface area contributed by atoms with Gasteiger partial charge >= 0.3 is 5.38 Å². The first-order valence-corrected chi connectivity index (χ1v) is 4.35. The zero-order valence-corrected chi connectivity index (χ0v) is 8.29. The number of allylic oxidation sites excluding steroid dienone is 1. The topological polar surface area (TPSA) is 0 Å². The third-order valence-electron chi connectivity index (χ3n) is 1.43. The molecule has 0 nitrogen and oxygen atoms in total. The van der Waals surface area contributed by atoms with Gasteiger partial charge in [-0.1, -0.05) is 23.7 Å². The molecular weight excluding hydrogens is 236 g/mol. The first-order chi connectivity index (χ1) is 6.39. The SMILES string of the molecule is F/C(=C\c1ccc(Cl)cc1)C(F)(F)Cl. The molecule has 0 amide bonds. The van der Waals surface area contributed by atoms with Crippen LogP contribution in [0, 0.1) is 0 Å². The lowest BCUT2D eigenvalue weighted by atomic mass is 10.2. The fraction of sp³-hybridized carbons (Fsp3) is 0.111. The molecule has 0 saturated carbocycles. The average Bonchev–Trinajstić information content (AvgIpc) is 2.07. The van der Waals surface area contributed by atoms with Gasteiger partial charge in [0.15, 0.2) is 5.83 Å². The van der Waals surface area contributed by atoms with Crippen LogP contribution in [0.2, 0.25) is 5.02 Å². The van der Waals surface area contributed by atoms with E-state index in [2.05, 4.69) is 11.6 Å². The predicted octanol–water partition coefficient (Wildman–Crippen LogP) is 4.48. The molecule has 0 aliphatic heterocycles. The summed E-state index contributed by atoms with van der Waals surface area (Å²) in [6.45, 7) is 0. The van der Waals surface area contributed by atoms with Crippen molar-refractivity contribution in [3.05, 3.63) is 40.7 Å². The van der Waals surface area contributed by atoms with Gasteiger partial charge in [0.05, 0.1) is 0 Å². The zero-order chi connectivity index (χ0) is 10.8. The van der Waals surface area contributed by atoms with Crippen LogP contribution in [0.5, 0.6) is 0 Å². The monoisotopic (exact) mass is 240 g/mol. The van der Waals surface area contributed by atoms with Crippen LogP contribution >= 0.6 is 23.2 Å². The molecular formula is C9H5Cl2F3. The summed E-state index contributed by atoms with van der Waals surface area (Å²) in [6.07, 6.45) is 0.656. The third-order valence-corrected chi connectivity index (χ3v) is 1.87. The Labute approximate surface area is 88.9 Å². The first-order valence-electron chi connectivity index (χ1n) is 3.59. The van der Waals surface area contributed by atoms with Crippen molar-refractivity contribution in [3.8, 4) is 0 Å². The maximum absolute atomic E-state index is 12.6. The standard InChI is InChI=1S/C9H5Cl2F3/c10-7-3-1-6(2-4-7)5-8(12)9(11,13)14/h1-5H/b8-5-. The molecule has 1 rings (SSSR count). The van der Waals surface area contributed by atoms with Gasteiger partial charge in [-0.2, -0.15) is 8.78 Å². The molecule has 0 fully saturated rings. The van der Waals surface area contributed by atoms with E-state index >= 15 is 0 Å². The minimum atomic E-state index is -3.96. The van der Waals surface area contributed by atoms with Gasteiger partial charge in [-0.15, -0.1) is 0 Å². The van der Waals surface area contributed by atoms with Gasteiger partial charge in [0.1, 0.15) is 0 Å². The summed E-state index contributed by atoms with van der Waals surface area (Å²) in [5.74, 6) is -1.69. The highest BCUT2D eigenvalue weighted by Gasteiger charge is 2.31. The molecule has 0 heterocycles. The van der Waals surface area contributed by atoms with Crippen molar-refractivity contribution >= 4 is 29.3 Å². The van der Waals surface area contributed by atoms with Gasteiger partial charge in [0.25, 0.3) is 0 Å². The lowest BCUT2D eigenvalue weighted by Crippen LogP contribution is -2.05. The van der Waals surface area contributed by atoms with E-state index in [4.69, 9.17) is 11.6 Å². The number of benzene rings is 1. The van der Waals surface area contributed by atoms with Crippen LogP contribution in [0.25, 0.3) is 6.08 Å². The fourth-order valence-corrected chi connectivity index (χ4v) is 0.968. The van der Waals surface area contributed by atoms with E-state index in [1.807, 2.05) is 0 Å². The number of hydrogen-bond acceptors (Lipinski definition) is 0. The molecule has 1 aromatic carbocycles. The zero-order valence-electron chi connectivity index (χ0n) is 6.78. The molecule has 14 heavy (non-hydrogen) atoms. The van der Waals surface area contributed by atoms with Crippen molar-refractivity contribution in [1.29, 1.82) is 0 Å². The minimum absolute atomic E-state index is 0.271. The van der Waals surface area contributed by atoms with Gasteiger partial charge in [-0.3, -0.25) is 0 Å². The third kappa shape index (κ3) is 3.24. The summed E-state index contributed by atoms with van der Waals surface area (Å²) >= 11 is 10.0. The van der Waals surface area contributed by atoms with Crippen LogP contribution in [0.3, 0.4) is 0 Å². The van der Waals surface area contributed by atoms with E-state index in [1.165, 1.54) is 24.3 Å². The number of alkyl halides is 3. The molecule has 0 aromatic heterocycles. The second-order valence-electron chi connectivity index (χ2n) is 2.54. The van der Waals surface area contributed by atoms with E-state index < -0.39 is 11.2 Å². The molecule has 76 valence electrons. The molecule has 0 aliphatic carbocycles. The van der Waals surface area contributed by atoms with Crippen molar-refractivity contribution in [2.75, 3.05) is 0 Å². The van der Waals surface area contributed by atoms with Gasteiger partial charge < -0.3 is 0 Å². The molecule has 1 aromatic rings. The van der Waals surface area contributed by atoms with Crippen LogP contribution in [0.15, 0.2) is 30.1 Å². The highest BCUT2D eigenvalue weighted by atomic mass is 35.5. The van der Waals surface area contributed by atoms with Crippen LogP contribution in [-0.2, 0) is 0 Å². The smallest absolute Gasteiger partial charge is 0.204 e. The van der Waals surface area contributed by atoms with E-state index in [9.17, 15) is 13.2 Å². The van der Waals surface area contributed by atoms with E-state index in [1.54, 1.807) is 0 Å². The summed E-state index contributed by atoms with van der Waals surface area (Å²) < 4.78 is 37.0. The highest BCUT2D eigenvalue weighted by Crippen LogP contribution is 2.31. The Morgan fingerprint density at radius 1 is 1.21 bits per heavy atom. The summed E-state index contributed by atoms with van der Waals surface area (Å²) in [5.41, 5.74) is 0.271. The van der Waals surface area contributed by atoms with Gasteiger partial charge in [0, 0.05) is 5.02 Å². The second-order valence-corrected chi connectivity index (χ2v) is 3.45. The van der Waals surface area contributed by atoms with E-state index in [-0.39, 0.29) is 5.56 Å². The summed E-state index contributed by atoms with van der Waals surface area (Å²) in [4.78, 5) is 0. The molecule has 0 atom stereocenters. The van der Waals surface area contributed by atoms with Crippen molar-refractivity contribution in [2.24, 2.45) is 0 Å². The minimum Gasteiger partial charge on any atom is -0.204 e. The summed E-state index contributed by atoms with van der Waals surface area (Å²) in [6, 6.07) is 5.75. The van der Waals surface area contributed by atoms with Crippen LogP contribution in [0.1, 0.15) is 5.56 Å². The fourth-order valence-electron chi connectivity index (χ4n) is 0.787. The molecule has 0 bridgehead atoms. The van der Waals surface area contributed by atoms with Gasteiger partial charge in [-0.25, -0.2) is 4.39 Å². The van der Waals surface area contributed by atoms with Gasteiger partial charge in [0.2, 0.25) is 0 Å². The lowest BCUT2D eigenvalue weighted by Gasteiger charge is -2.03. The Morgan fingerprint density at radius 3 is 2.14 bits per heavy atom. The Hall–Kier alpha value is -0.670. The number of hydrogen-bond donors (Lipinski definition) is 0. The molecule has 0 N–H and O–H groups in total. The van der Waals surface area contributed by atoms with Crippen molar-refractivity contribution in [1.82, 2.24) is 0 Å². The Morgan fingerprint density at radius 2 is 1.71 bits per heavy atom. The molecule has 0 spiro atoms. The maximum atomic E-state index is 12.6. The van der Waals surface area contributed by atoms with Crippen molar-refractivity contribution < 1.29 is 13.2 Å². The second kappa shape index (κ2) is 4.24. The maximum Gasteiger partial charge on any atom is 0.373 e. The van der Waals surface area contributed by atoms with Gasteiger partial charge in [-0.05, 0) is 35.4 Å². The quantitative estimate of drug-likeness (QED) is 0.669. The van der Waals surface area contributed by atoms with Crippen molar-refractivity contribution in [2.45, 2.75) is 5.38 Å². The Kier molecular flexibility index (Phi) is 3.45. The molecule has 0 radical (unpaired) electrons. The summed E-state index contributed by atoms with van der Waals surface area (Å²) in [7, 11) is 0. The van der Waals surface area contributed by atoms with E-state index in [0.29, 0.717) is 11.1 Å². The average molecular weight is 241 g/mol. The highest BCUT2D eigenvalue weighted by molar-refractivity contribution is 6.30. The molecule has 0 aliphatic rings. The summed E-state index contributed by atoms with van der Waals surface area (Å²) in [5, 5.41) is -3.51. The molecule has 0 unspecified atom stereocenters. The Balaban J connectivity index is 2.93. The van der Waals surface area contributed by atoms with Crippen LogP contribution < -0.4 is 0 Å². The lowest BCUT2D eigenvalue weighted by molar-refractivity contribution is 0.112. The Bertz CT molecular complexity index is 338. The van der Waals surface area contributed by atoms with Crippen molar-refractivity contribution in [3.63, 3.8) is 0 Å². The molecule has 0 saturated heterocycles. The largest absolute Gasteiger partial charge is 0.373 e. The van der Waals surface area contributed by atoms with Crippen LogP contribution in [-0.4, -0.2) is 5.38 Å². The number of rotatable bonds is 2. The predicted molar refractivity (Wildman–Crippen MR) is 51.3 cm³/mol.